The van der Waals surface area contributed by atoms with Gasteiger partial charge in [-0.2, -0.15) is 0 Å². The van der Waals surface area contributed by atoms with Gasteiger partial charge in [0.2, 0.25) is 0 Å². The first kappa shape index (κ1) is 15.0. The van der Waals surface area contributed by atoms with Gasteiger partial charge >= 0.3 is 0 Å². The second-order valence-electron chi connectivity index (χ2n) is 5.20. The molecule has 0 N–H and O–H groups in total. The van der Waals surface area contributed by atoms with E-state index in [4.69, 9.17) is 4.74 Å². The smallest absolute Gasteiger partial charge is 0.189 e. The van der Waals surface area contributed by atoms with E-state index in [0.717, 1.165) is 16.3 Å². The summed E-state index contributed by atoms with van der Waals surface area (Å²) in [4.78, 5) is 12.5. The van der Waals surface area contributed by atoms with E-state index in [1.54, 1.807) is 12.1 Å². The maximum Gasteiger partial charge on any atom is 0.189 e. The van der Waals surface area contributed by atoms with E-state index in [1.807, 2.05) is 55.5 Å². The Labute approximate surface area is 136 Å². The topological polar surface area (TPSA) is 26.3 Å². The monoisotopic (exact) mass is 302 g/mol. The van der Waals surface area contributed by atoms with Crippen LogP contribution in [0.4, 0.5) is 0 Å². The average molecular weight is 302 g/mol. The number of ether oxygens (including phenoxy) is 1. The van der Waals surface area contributed by atoms with Crippen LogP contribution in [0.3, 0.4) is 0 Å². The van der Waals surface area contributed by atoms with Crippen molar-refractivity contribution in [2.24, 2.45) is 0 Å². The minimum Gasteiger partial charge on any atom is -0.493 e. The minimum absolute atomic E-state index is 0.0537. The molecule has 23 heavy (non-hydrogen) atoms. The molecule has 0 aliphatic carbocycles. The first-order chi connectivity index (χ1) is 11.3. The molecule has 0 saturated carbocycles. The third-order valence-corrected chi connectivity index (χ3v) is 3.69. The molecule has 0 spiro atoms. The number of fused-ring (bicyclic) bond motifs is 1. The number of carbonyl (C=O) groups excluding carboxylic acids is 1. The molecular formula is C21H18O2. The highest BCUT2D eigenvalue weighted by Crippen LogP contribution is 2.22. The van der Waals surface area contributed by atoms with Gasteiger partial charge in [-0.3, -0.25) is 4.79 Å². The summed E-state index contributed by atoms with van der Waals surface area (Å²) in [6, 6.07) is 21.6. The van der Waals surface area contributed by atoms with Gasteiger partial charge in [-0.1, -0.05) is 60.7 Å². The zero-order chi connectivity index (χ0) is 16.1. The Morgan fingerprint density at radius 2 is 1.70 bits per heavy atom. The number of hydrogen-bond donors (Lipinski definition) is 0. The molecule has 0 radical (unpaired) electrons. The van der Waals surface area contributed by atoms with Gasteiger partial charge in [0.1, 0.15) is 5.75 Å². The van der Waals surface area contributed by atoms with Crippen LogP contribution in [0, 0.1) is 0 Å². The fourth-order valence-electron chi connectivity index (χ4n) is 2.60. The van der Waals surface area contributed by atoms with Crippen molar-refractivity contribution in [3.05, 3.63) is 83.9 Å². The van der Waals surface area contributed by atoms with E-state index in [1.165, 1.54) is 0 Å². The summed E-state index contributed by atoms with van der Waals surface area (Å²) < 4.78 is 5.53. The standard InChI is InChI=1S/C21H18O2/c1-2-23-21-13-6-5-12-19(21)20(22)15-14-17-10-7-9-16-8-3-4-11-18(16)17/h3-15H,2H2,1H3. The lowest BCUT2D eigenvalue weighted by Gasteiger charge is -2.07. The highest BCUT2D eigenvalue weighted by atomic mass is 16.5. The van der Waals surface area contributed by atoms with Gasteiger partial charge in [0.15, 0.2) is 5.78 Å². The fourth-order valence-corrected chi connectivity index (χ4v) is 2.60. The Morgan fingerprint density at radius 1 is 0.957 bits per heavy atom. The summed E-state index contributed by atoms with van der Waals surface area (Å²) in [7, 11) is 0. The Morgan fingerprint density at radius 3 is 2.57 bits per heavy atom. The number of ketones is 1. The summed E-state index contributed by atoms with van der Waals surface area (Å²) in [6.07, 6.45) is 3.48. The summed E-state index contributed by atoms with van der Waals surface area (Å²) in [6.45, 7) is 2.45. The van der Waals surface area contributed by atoms with Crippen molar-refractivity contribution in [2.75, 3.05) is 6.61 Å². The maximum absolute atomic E-state index is 12.5. The molecule has 2 heteroatoms. The van der Waals surface area contributed by atoms with Crippen LogP contribution in [0.15, 0.2) is 72.8 Å². The molecule has 0 unspecified atom stereocenters. The molecule has 0 aromatic heterocycles. The van der Waals surface area contributed by atoms with Crippen molar-refractivity contribution >= 4 is 22.6 Å². The SMILES string of the molecule is CCOc1ccccc1C(=O)C=Cc1cccc2ccccc12. The maximum atomic E-state index is 12.5. The zero-order valence-electron chi connectivity index (χ0n) is 13.0. The largest absolute Gasteiger partial charge is 0.493 e. The predicted molar refractivity (Wildman–Crippen MR) is 94.9 cm³/mol. The zero-order valence-corrected chi connectivity index (χ0v) is 13.0. The van der Waals surface area contributed by atoms with Crippen LogP contribution in [-0.2, 0) is 0 Å². The number of hydrogen-bond acceptors (Lipinski definition) is 2. The Balaban J connectivity index is 1.92. The Kier molecular flexibility index (Phi) is 4.53. The van der Waals surface area contributed by atoms with E-state index >= 15 is 0 Å². The summed E-state index contributed by atoms with van der Waals surface area (Å²) in [5.74, 6) is 0.574. The van der Waals surface area contributed by atoms with Gasteiger partial charge in [-0.15, -0.1) is 0 Å². The molecule has 3 aromatic rings. The Bertz CT molecular complexity index is 857. The van der Waals surface area contributed by atoms with Gasteiger partial charge in [0, 0.05) is 0 Å². The van der Waals surface area contributed by atoms with Crippen molar-refractivity contribution in [1.29, 1.82) is 0 Å². The first-order valence-electron chi connectivity index (χ1n) is 7.71. The molecule has 0 aliphatic rings. The molecular weight excluding hydrogens is 284 g/mol. The van der Waals surface area contributed by atoms with Crippen LogP contribution in [0.2, 0.25) is 0 Å². The lowest BCUT2D eigenvalue weighted by molar-refractivity contribution is 0.104. The minimum atomic E-state index is -0.0537. The third kappa shape index (κ3) is 3.32. The third-order valence-electron chi connectivity index (χ3n) is 3.69. The van der Waals surface area contributed by atoms with Crippen molar-refractivity contribution in [1.82, 2.24) is 0 Å². The first-order valence-corrected chi connectivity index (χ1v) is 7.71. The van der Waals surface area contributed by atoms with Crippen molar-refractivity contribution < 1.29 is 9.53 Å². The highest BCUT2D eigenvalue weighted by Gasteiger charge is 2.08. The van der Waals surface area contributed by atoms with Crippen LogP contribution < -0.4 is 4.74 Å². The molecule has 0 heterocycles. The van der Waals surface area contributed by atoms with Crippen molar-refractivity contribution in [3.8, 4) is 5.75 Å². The molecule has 0 bridgehead atoms. The normalized spacial score (nSPS) is 11.0. The van der Waals surface area contributed by atoms with E-state index in [9.17, 15) is 4.79 Å². The van der Waals surface area contributed by atoms with E-state index in [0.29, 0.717) is 17.9 Å². The number of carbonyl (C=O) groups is 1. The molecule has 0 fully saturated rings. The van der Waals surface area contributed by atoms with E-state index in [2.05, 4.69) is 18.2 Å². The second kappa shape index (κ2) is 6.93. The average Bonchev–Trinajstić information content (AvgIpc) is 2.60. The molecule has 3 aromatic carbocycles. The van der Waals surface area contributed by atoms with Gasteiger partial charge in [-0.25, -0.2) is 0 Å². The molecule has 0 atom stereocenters. The van der Waals surface area contributed by atoms with E-state index < -0.39 is 0 Å². The molecule has 2 nitrogen and oxygen atoms in total. The van der Waals surface area contributed by atoms with Crippen LogP contribution in [0.25, 0.3) is 16.8 Å². The van der Waals surface area contributed by atoms with Gasteiger partial charge in [0.25, 0.3) is 0 Å². The lowest BCUT2D eigenvalue weighted by Crippen LogP contribution is -2.01. The molecule has 3 rings (SSSR count). The van der Waals surface area contributed by atoms with E-state index in [-0.39, 0.29) is 5.78 Å². The summed E-state index contributed by atoms with van der Waals surface area (Å²) in [5.41, 5.74) is 1.62. The van der Waals surface area contributed by atoms with Crippen molar-refractivity contribution in [2.45, 2.75) is 6.92 Å². The number of allylic oxidation sites excluding steroid dienone is 1. The Hall–Kier alpha value is -2.87. The van der Waals surface area contributed by atoms with Crippen LogP contribution >= 0.6 is 0 Å². The van der Waals surface area contributed by atoms with Crippen LogP contribution in [0.1, 0.15) is 22.8 Å². The molecule has 0 amide bonds. The quantitative estimate of drug-likeness (QED) is 0.482. The van der Waals surface area contributed by atoms with Crippen LogP contribution in [-0.4, -0.2) is 12.4 Å². The lowest BCUT2D eigenvalue weighted by atomic mass is 10.0. The molecule has 114 valence electrons. The van der Waals surface area contributed by atoms with Crippen molar-refractivity contribution in [3.63, 3.8) is 0 Å². The fraction of sp³-hybridized carbons (Fsp3) is 0.0952. The predicted octanol–water partition coefficient (Wildman–Crippen LogP) is 5.13. The number of benzene rings is 3. The van der Waals surface area contributed by atoms with Gasteiger partial charge in [-0.05, 0) is 41.5 Å². The molecule has 0 aliphatic heterocycles. The van der Waals surface area contributed by atoms with Crippen LogP contribution in [0.5, 0.6) is 5.75 Å². The number of rotatable bonds is 5. The molecule has 0 saturated heterocycles. The number of para-hydroxylation sites is 1. The second-order valence-corrected chi connectivity index (χ2v) is 5.20. The van der Waals surface area contributed by atoms with Gasteiger partial charge in [0.05, 0.1) is 12.2 Å². The van der Waals surface area contributed by atoms with Gasteiger partial charge < -0.3 is 4.74 Å². The summed E-state index contributed by atoms with van der Waals surface area (Å²) in [5, 5.41) is 2.30. The highest BCUT2D eigenvalue weighted by molar-refractivity contribution is 6.09. The summed E-state index contributed by atoms with van der Waals surface area (Å²) >= 11 is 0.